The summed E-state index contributed by atoms with van der Waals surface area (Å²) in [6.45, 7) is 4.28. The Morgan fingerprint density at radius 1 is 1.46 bits per heavy atom. The average molecular weight is 256 g/mol. The van der Waals surface area contributed by atoms with E-state index in [4.69, 9.17) is 5.11 Å². The predicted molar refractivity (Wildman–Crippen MR) is 47.5 cm³/mol. The first-order chi connectivity index (χ1) is 5.59. The normalized spacial score (nSPS) is 32.3. The summed E-state index contributed by atoms with van der Waals surface area (Å²) in [5.74, 6) is 0.464. The average Bonchev–Trinajstić information content (AvgIpc) is 1.96. The molecule has 3 heteroatoms. The number of rotatable bonds is 2. The van der Waals surface area contributed by atoms with Crippen molar-refractivity contribution in [3.63, 3.8) is 0 Å². The van der Waals surface area contributed by atoms with Gasteiger partial charge in [0.15, 0.2) is 0 Å². The Morgan fingerprint density at radius 3 is 2.54 bits per heavy atom. The van der Waals surface area contributed by atoms with Crippen molar-refractivity contribution in [1.82, 2.24) is 0 Å². The second-order valence-corrected chi connectivity index (χ2v) is 3.56. The van der Waals surface area contributed by atoms with Gasteiger partial charge in [-0.1, -0.05) is 25.8 Å². The number of hydrogen-bond acceptors (Lipinski definition) is 1. The first-order valence-corrected chi connectivity index (χ1v) is 4.34. The Labute approximate surface area is 105 Å². The zero-order valence-corrected chi connectivity index (χ0v) is 10.9. The Kier molecular flexibility index (Phi) is 6.07. The molecule has 0 aromatic carbocycles. The minimum absolute atomic E-state index is 0. The van der Waals surface area contributed by atoms with E-state index in [0.717, 1.165) is 0 Å². The van der Waals surface area contributed by atoms with Crippen molar-refractivity contribution in [3.8, 4) is 0 Å². The van der Waals surface area contributed by atoms with Crippen LogP contribution < -0.4 is 0 Å². The quantitative estimate of drug-likeness (QED) is 0.607. The van der Waals surface area contributed by atoms with Crippen LogP contribution >= 0.6 is 0 Å². The van der Waals surface area contributed by atoms with Crippen LogP contribution in [-0.4, -0.2) is 11.1 Å². The fraction of sp³-hybridized carbons (Fsp3) is 0.600. The number of carbonyl (C=O) groups is 1. The van der Waals surface area contributed by atoms with Crippen LogP contribution in [0.15, 0.2) is 12.2 Å². The van der Waals surface area contributed by atoms with Gasteiger partial charge in [-0.05, 0) is 0 Å². The van der Waals surface area contributed by atoms with Crippen LogP contribution in [0.1, 0.15) is 20.3 Å². The van der Waals surface area contributed by atoms with Gasteiger partial charge < -0.3 is 11.5 Å². The van der Waals surface area contributed by atoms with Crippen molar-refractivity contribution >= 4 is 5.97 Å². The number of carboxylic acids is 1. The zero-order chi connectivity index (χ0) is 9.14. The molecule has 1 N–H and O–H groups in total. The maximum absolute atomic E-state index is 10.4. The molecule has 3 atom stereocenters. The molecule has 71 valence electrons. The topological polar surface area (TPSA) is 37.3 Å². The summed E-state index contributed by atoms with van der Waals surface area (Å²) in [4.78, 5) is 10.4. The molecule has 0 amide bonds. The van der Waals surface area contributed by atoms with Gasteiger partial charge in [0.1, 0.15) is 0 Å². The molecule has 13 heavy (non-hydrogen) atoms. The third-order valence-electron chi connectivity index (χ3n) is 2.45. The Morgan fingerprint density at radius 2 is 2.08 bits per heavy atom. The van der Waals surface area contributed by atoms with Gasteiger partial charge in [0, 0.05) is 39.1 Å². The van der Waals surface area contributed by atoms with Crippen molar-refractivity contribution in [2.75, 3.05) is 0 Å². The summed E-state index contributed by atoms with van der Waals surface area (Å²) in [7, 11) is 0. The number of aliphatic carboxylic acids is 1. The van der Waals surface area contributed by atoms with Crippen molar-refractivity contribution in [2.45, 2.75) is 20.3 Å². The second kappa shape index (κ2) is 5.92. The van der Waals surface area contributed by atoms with Crippen molar-refractivity contribution in [1.29, 1.82) is 0 Å². The van der Waals surface area contributed by atoms with Crippen molar-refractivity contribution < 1.29 is 42.6 Å². The molecule has 0 saturated heterocycles. The molecule has 0 saturated carbocycles. The third kappa shape index (κ3) is 4.37. The molecule has 0 aromatic rings. The van der Waals surface area contributed by atoms with Crippen LogP contribution in [0.2, 0.25) is 0 Å². The molecule has 3 unspecified atom stereocenters. The monoisotopic (exact) mass is 256 g/mol. The molecule has 0 fully saturated rings. The predicted octanol–water partition coefficient (Wildman–Crippen LogP) is 2.12. The molecular weight excluding hydrogens is 241 g/mol. The molecule has 1 radical (unpaired) electrons. The fourth-order valence-electron chi connectivity index (χ4n) is 1.46. The summed E-state index contributed by atoms with van der Waals surface area (Å²) in [6.07, 6.45) is 6.46. The van der Waals surface area contributed by atoms with E-state index in [-0.39, 0.29) is 45.0 Å². The largest absolute Gasteiger partial charge is 0.481 e. The minimum Gasteiger partial charge on any atom is -0.481 e. The van der Waals surface area contributed by atoms with Crippen LogP contribution in [0, 0.1) is 24.2 Å². The van der Waals surface area contributed by atoms with Crippen molar-refractivity contribution in [3.05, 3.63) is 18.6 Å². The molecule has 0 aromatic heterocycles. The van der Waals surface area contributed by atoms with Crippen LogP contribution in [0.4, 0.5) is 0 Å². The second-order valence-electron chi connectivity index (χ2n) is 3.56. The smallest absolute Gasteiger partial charge is 0.301 e. The van der Waals surface area contributed by atoms with Crippen LogP contribution in [-0.2, 0) is 37.5 Å². The van der Waals surface area contributed by atoms with Gasteiger partial charge in [0.05, 0.1) is 0 Å². The first kappa shape index (κ1) is 13.3. The molecule has 0 spiro atoms. The Bertz CT molecular complexity index is 201. The summed E-state index contributed by atoms with van der Waals surface area (Å²) in [5, 5.41) is 8.56. The van der Waals surface area contributed by atoms with E-state index in [0.29, 0.717) is 11.8 Å². The van der Waals surface area contributed by atoms with E-state index < -0.39 is 5.97 Å². The van der Waals surface area contributed by atoms with E-state index in [1.807, 2.05) is 6.08 Å². The van der Waals surface area contributed by atoms with Gasteiger partial charge in [0.25, 0.3) is 0 Å². The van der Waals surface area contributed by atoms with Gasteiger partial charge in [-0.3, -0.25) is 4.79 Å². The van der Waals surface area contributed by atoms with E-state index >= 15 is 0 Å². The van der Waals surface area contributed by atoms with Crippen LogP contribution in [0.25, 0.3) is 0 Å². The summed E-state index contributed by atoms with van der Waals surface area (Å²) in [5.41, 5.74) is 0. The number of hydrogen-bond donors (Lipinski definition) is 1. The van der Waals surface area contributed by atoms with E-state index in [9.17, 15) is 4.79 Å². The number of allylic oxidation sites excluding steroid dienone is 2. The fourth-order valence-corrected chi connectivity index (χ4v) is 1.46. The SMILES string of the molecule is CC1C=CC(CC(=O)O)[CH-]C1C.[Y]. The van der Waals surface area contributed by atoms with Gasteiger partial charge >= 0.3 is 5.97 Å². The summed E-state index contributed by atoms with van der Waals surface area (Å²) < 4.78 is 0. The summed E-state index contributed by atoms with van der Waals surface area (Å²) >= 11 is 0. The minimum atomic E-state index is -0.720. The molecule has 0 aliphatic heterocycles. The molecule has 1 rings (SSSR count). The molecule has 1 aliphatic carbocycles. The maximum atomic E-state index is 10.4. The molecule has 0 bridgehead atoms. The van der Waals surface area contributed by atoms with Crippen LogP contribution in [0.5, 0.6) is 0 Å². The van der Waals surface area contributed by atoms with Crippen molar-refractivity contribution in [2.24, 2.45) is 17.8 Å². The number of carboxylic acid groups (broad SMARTS) is 1. The van der Waals surface area contributed by atoms with Gasteiger partial charge in [-0.15, -0.1) is 12.0 Å². The van der Waals surface area contributed by atoms with E-state index in [2.05, 4.69) is 26.3 Å². The zero-order valence-electron chi connectivity index (χ0n) is 8.10. The van der Waals surface area contributed by atoms with Gasteiger partial charge in [-0.25, -0.2) is 0 Å². The Hall–Kier alpha value is 0.314. The summed E-state index contributed by atoms with van der Waals surface area (Å²) in [6, 6.07) is 0. The van der Waals surface area contributed by atoms with Gasteiger partial charge in [-0.2, -0.15) is 5.92 Å². The molecule has 0 heterocycles. The van der Waals surface area contributed by atoms with E-state index in [1.165, 1.54) is 0 Å². The first-order valence-electron chi connectivity index (χ1n) is 4.34. The molecular formula is C10H15O2Y-. The van der Waals surface area contributed by atoms with Crippen LogP contribution in [0.3, 0.4) is 0 Å². The molecule has 2 nitrogen and oxygen atoms in total. The molecule has 1 aliphatic rings. The third-order valence-corrected chi connectivity index (χ3v) is 2.45. The van der Waals surface area contributed by atoms with Gasteiger partial charge in [0.2, 0.25) is 0 Å². The Balaban J connectivity index is 0.00000144. The van der Waals surface area contributed by atoms with E-state index in [1.54, 1.807) is 0 Å². The maximum Gasteiger partial charge on any atom is 0.301 e. The standard InChI is InChI=1S/C10H15O2.Y/c1-7-3-4-9(5-8(7)2)6-10(11)12;/h3-5,7-9H,6H2,1-2H3,(H,11,12);/q-1;.